The molecule has 0 aromatic heterocycles. The third-order valence-corrected chi connectivity index (χ3v) is 3.60. The molecule has 2 aromatic carbocycles. The number of halogens is 2. The molecule has 0 aliphatic rings. The van der Waals surface area contributed by atoms with Crippen molar-refractivity contribution in [1.29, 1.82) is 5.41 Å². The molecule has 2 nitrogen and oxygen atoms in total. The number of nitrogens with one attached hydrogen (secondary N) is 1. The highest BCUT2D eigenvalue weighted by Crippen LogP contribution is 2.33. The number of benzene rings is 2. The molecule has 0 unspecified atom stereocenters. The van der Waals surface area contributed by atoms with Crippen LogP contribution in [-0.2, 0) is 0 Å². The minimum Gasteiger partial charge on any atom is -0.384 e. The lowest BCUT2D eigenvalue weighted by Crippen LogP contribution is -2.12. The van der Waals surface area contributed by atoms with Crippen molar-refractivity contribution < 1.29 is 8.78 Å². The van der Waals surface area contributed by atoms with Crippen molar-refractivity contribution in [1.82, 2.24) is 0 Å². The maximum absolute atomic E-state index is 13.8. The molecule has 3 N–H and O–H groups in total. The second-order valence-electron chi connectivity index (χ2n) is 4.10. The lowest BCUT2D eigenvalue weighted by atomic mass is 10.2. The van der Waals surface area contributed by atoms with E-state index in [4.69, 9.17) is 11.1 Å². The molecular weight excluding hydrogens is 266 g/mol. The number of amidine groups is 1. The Labute approximate surface area is 114 Å². The Morgan fingerprint density at radius 3 is 2.32 bits per heavy atom. The number of aryl methyl sites for hydroxylation is 1. The fourth-order valence-electron chi connectivity index (χ4n) is 1.61. The standard InChI is InChI=1S/C14H12F2N2S/c1-8-3-2-4-10(5-8)19-13-11(15)6-9(14(17)18)7-12(13)16/h2-7H,1H3,(H3,17,18). The first-order valence-electron chi connectivity index (χ1n) is 5.55. The van der Waals surface area contributed by atoms with E-state index in [1.54, 1.807) is 6.07 Å². The average molecular weight is 278 g/mol. The van der Waals surface area contributed by atoms with Crippen LogP contribution < -0.4 is 5.73 Å². The highest BCUT2D eigenvalue weighted by atomic mass is 32.2. The van der Waals surface area contributed by atoms with Crippen LogP contribution in [0, 0.1) is 24.0 Å². The van der Waals surface area contributed by atoms with Gasteiger partial charge >= 0.3 is 0 Å². The maximum atomic E-state index is 13.8. The van der Waals surface area contributed by atoms with Gasteiger partial charge in [-0.05, 0) is 31.2 Å². The summed E-state index contributed by atoms with van der Waals surface area (Å²) in [7, 11) is 0. The molecule has 0 heterocycles. The van der Waals surface area contributed by atoms with Gasteiger partial charge in [-0.2, -0.15) is 0 Å². The van der Waals surface area contributed by atoms with Gasteiger partial charge in [-0.25, -0.2) is 8.78 Å². The first kappa shape index (κ1) is 13.5. The first-order valence-corrected chi connectivity index (χ1v) is 6.37. The topological polar surface area (TPSA) is 49.9 Å². The van der Waals surface area contributed by atoms with Gasteiger partial charge in [0, 0.05) is 10.5 Å². The van der Waals surface area contributed by atoms with Crippen molar-refractivity contribution in [2.45, 2.75) is 16.7 Å². The van der Waals surface area contributed by atoms with E-state index in [0.717, 1.165) is 34.4 Å². The van der Waals surface area contributed by atoms with Gasteiger partial charge in [0.15, 0.2) is 0 Å². The van der Waals surface area contributed by atoms with E-state index in [1.165, 1.54) is 0 Å². The van der Waals surface area contributed by atoms with Crippen LogP contribution >= 0.6 is 11.8 Å². The molecular formula is C14H12F2N2S. The second-order valence-corrected chi connectivity index (χ2v) is 5.19. The van der Waals surface area contributed by atoms with Crippen molar-refractivity contribution in [2.75, 3.05) is 0 Å². The van der Waals surface area contributed by atoms with Crippen LogP contribution in [-0.4, -0.2) is 5.84 Å². The maximum Gasteiger partial charge on any atom is 0.140 e. The van der Waals surface area contributed by atoms with Crippen LogP contribution in [0.4, 0.5) is 8.78 Å². The third kappa shape index (κ3) is 3.12. The number of nitrogen functional groups attached to an aromatic ring is 1. The van der Waals surface area contributed by atoms with Gasteiger partial charge in [-0.3, -0.25) is 5.41 Å². The van der Waals surface area contributed by atoms with Crippen LogP contribution in [0.5, 0.6) is 0 Å². The molecule has 0 aliphatic carbocycles. The number of rotatable bonds is 3. The quantitative estimate of drug-likeness (QED) is 0.664. The molecule has 2 rings (SSSR count). The molecule has 0 aliphatic heterocycles. The van der Waals surface area contributed by atoms with Gasteiger partial charge in [0.25, 0.3) is 0 Å². The monoisotopic (exact) mass is 278 g/mol. The minimum absolute atomic E-state index is 0.0450. The Hall–Kier alpha value is -1.88. The van der Waals surface area contributed by atoms with Crippen LogP contribution in [0.25, 0.3) is 0 Å². The zero-order chi connectivity index (χ0) is 14.0. The number of hydrogen-bond acceptors (Lipinski definition) is 2. The van der Waals surface area contributed by atoms with E-state index in [0.29, 0.717) is 0 Å². The summed E-state index contributed by atoms with van der Waals surface area (Å²) in [6.07, 6.45) is 0. The molecule has 98 valence electrons. The van der Waals surface area contributed by atoms with Crippen LogP contribution in [0.2, 0.25) is 0 Å². The van der Waals surface area contributed by atoms with Crippen molar-refractivity contribution >= 4 is 17.6 Å². The summed E-state index contributed by atoms with van der Waals surface area (Å²) >= 11 is 1.01. The van der Waals surface area contributed by atoms with Crippen LogP contribution in [0.15, 0.2) is 46.2 Å². The fourth-order valence-corrected chi connectivity index (χ4v) is 2.55. The number of hydrogen-bond donors (Lipinski definition) is 2. The molecule has 0 atom stereocenters. The Morgan fingerprint density at radius 2 is 1.79 bits per heavy atom. The predicted molar refractivity (Wildman–Crippen MR) is 72.7 cm³/mol. The summed E-state index contributed by atoms with van der Waals surface area (Å²) in [4.78, 5) is 0.670. The molecule has 0 saturated carbocycles. The second kappa shape index (κ2) is 5.40. The lowest BCUT2D eigenvalue weighted by molar-refractivity contribution is 0.540. The van der Waals surface area contributed by atoms with E-state index in [2.05, 4.69) is 0 Å². The molecule has 19 heavy (non-hydrogen) atoms. The molecule has 2 aromatic rings. The van der Waals surface area contributed by atoms with Crippen molar-refractivity contribution in [3.63, 3.8) is 0 Å². The Morgan fingerprint density at radius 1 is 1.16 bits per heavy atom. The lowest BCUT2D eigenvalue weighted by Gasteiger charge is -2.07. The molecule has 0 radical (unpaired) electrons. The highest BCUT2D eigenvalue weighted by molar-refractivity contribution is 7.99. The predicted octanol–water partition coefficient (Wildman–Crippen LogP) is 3.71. The van der Waals surface area contributed by atoms with Gasteiger partial charge < -0.3 is 5.73 Å². The largest absolute Gasteiger partial charge is 0.384 e. The van der Waals surface area contributed by atoms with Gasteiger partial charge in [-0.15, -0.1) is 0 Å². The summed E-state index contributed by atoms with van der Waals surface area (Å²) in [5.74, 6) is -1.78. The molecule has 0 spiro atoms. The van der Waals surface area contributed by atoms with Crippen molar-refractivity contribution in [2.24, 2.45) is 5.73 Å². The Kier molecular flexibility index (Phi) is 3.85. The van der Waals surface area contributed by atoms with Crippen molar-refractivity contribution in [3.05, 3.63) is 59.2 Å². The van der Waals surface area contributed by atoms with Crippen LogP contribution in [0.3, 0.4) is 0 Å². The Bertz CT molecular complexity index is 618. The van der Waals surface area contributed by atoms with E-state index in [-0.39, 0.29) is 16.3 Å². The van der Waals surface area contributed by atoms with Gasteiger partial charge in [-0.1, -0.05) is 29.5 Å². The van der Waals surface area contributed by atoms with E-state index < -0.39 is 11.6 Å². The van der Waals surface area contributed by atoms with E-state index in [1.807, 2.05) is 25.1 Å². The molecule has 0 amide bonds. The summed E-state index contributed by atoms with van der Waals surface area (Å²) in [5, 5.41) is 7.19. The summed E-state index contributed by atoms with van der Waals surface area (Å²) in [5.41, 5.74) is 6.28. The fraction of sp³-hybridized carbons (Fsp3) is 0.0714. The zero-order valence-corrected chi connectivity index (χ0v) is 11.0. The number of nitrogens with two attached hydrogens (primary N) is 1. The smallest absolute Gasteiger partial charge is 0.140 e. The normalized spacial score (nSPS) is 10.5. The molecule has 0 bridgehead atoms. The molecule has 0 saturated heterocycles. The highest BCUT2D eigenvalue weighted by Gasteiger charge is 2.14. The van der Waals surface area contributed by atoms with E-state index in [9.17, 15) is 8.78 Å². The summed E-state index contributed by atoms with van der Waals surface area (Å²) in [6, 6.07) is 9.53. The average Bonchev–Trinajstić information content (AvgIpc) is 2.33. The van der Waals surface area contributed by atoms with Gasteiger partial charge in [0.2, 0.25) is 0 Å². The zero-order valence-electron chi connectivity index (χ0n) is 10.2. The Balaban J connectivity index is 2.38. The van der Waals surface area contributed by atoms with Crippen molar-refractivity contribution in [3.8, 4) is 0 Å². The minimum atomic E-state index is -0.711. The van der Waals surface area contributed by atoms with Crippen LogP contribution in [0.1, 0.15) is 11.1 Å². The van der Waals surface area contributed by atoms with Gasteiger partial charge in [0.05, 0.1) is 4.90 Å². The van der Waals surface area contributed by atoms with Gasteiger partial charge in [0.1, 0.15) is 17.5 Å². The molecule has 0 fully saturated rings. The SMILES string of the molecule is Cc1cccc(Sc2c(F)cc(C(=N)N)cc2F)c1. The third-order valence-electron chi connectivity index (χ3n) is 2.52. The summed E-state index contributed by atoms with van der Waals surface area (Å²) < 4.78 is 27.7. The summed E-state index contributed by atoms with van der Waals surface area (Å²) in [6.45, 7) is 1.91. The van der Waals surface area contributed by atoms with E-state index >= 15 is 0 Å². The molecule has 5 heteroatoms. The first-order chi connectivity index (χ1) is 8.97.